The highest BCUT2D eigenvalue weighted by atomic mass is 16.9. The van der Waals surface area contributed by atoms with E-state index in [0.717, 1.165) is 0 Å². The van der Waals surface area contributed by atoms with Crippen molar-refractivity contribution in [1.82, 2.24) is 0 Å². The largest absolute Gasteiger partial charge is 0.417 e. The molecule has 5 N–H and O–H groups in total. The fourth-order valence-corrected chi connectivity index (χ4v) is 1.84. The van der Waals surface area contributed by atoms with Crippen LogP contribution in [0.2, 0.25) is 0 Å². The maximum absolute atomic E-state index is 11.3. The van der Waals surface area contributed by atoms with Crippen molar-refractivity contribution in [2.75, 3.05) is 6.61 Å². The molecule has 0 aliphatic carbocycles. The van der Waals surface area contributed by atoms with E-state index in [1.54, 1.807) is 0 Å². The zero-order valence-electron chi connectivity index (χ0n) is 9.87. The molecule has 2 aliphatic heterocycles. The summed E-state index contributed by atoms with van der Waals surface area (Å²) in [6.07, 6.45) is -4.64. The number of carbonyl (C=O) groups excluding carboxylic acids is 2. The number of hydrogen-bond acceptors (Lipinski definition) is 10. The van der Waals surface area contributed by atoms with Crippen LogP contribution in [-0.4, -0.2) is 74.2 Å². The van der Waals surface area contributed by atoms with Gasteiger partial charge in [-0.2, -0.15) is 0 Å². The molecule has 0 aromatic rings. The minimum atomic E-state index is -3.30. The SMILES string of the molecule is O=C1/C=C/C(=O)O[C@]2(O)[C@@H](O)[C@H](O)[C@@H](CO)OC2(O)O1. The number of ether oxygens (including phenoxy) is 3. The first-order valence-corrected chi connectivity index (χ1v) is 5.47. The van der Waals surface area contributed by atoms with E-state index >= 15 is 0 Å². The Balaban J connectivity index is 2.48. The molecule has 5 atom stereocenters. The molecule has 10 nitrogen and oxygen atoms in total. The lowest BCUT2D eigenvalue weighted by Crippen LogP contribution is -2.75. The fraction of sp³-hybridized carbons (Fsp3) is 0.600. The molecule has 0 aromatic carbocycles. The Kier molecular flexibility index (Phi) is 3.54. The minimum Gasteiger partial charge on any atom is -0.417 e. The monoisotopic (exact) mass is 292 g/mol. The second-order valence-electron chi connectivity index (χ2n) is 4.23. The number of aliphatic hydroxyl groups is 5. The lowest BCUT2D eigenvalue weighted by molar-refractivity contribution is -0.510. The van der Waals surface area contributed by atoms with Crippen LogP contribution in [0.5, 0.6) is 0 Å². The van der Waals surface area contributed by atoms with Gasteiger partial charge in [-0.1, -0.05) is 0 Å². The average molecular weight is 292 g/mol. The first-order valence-electron chi connectivity index (χ1n) is 5.47. The molecule has 10 heteroatoms. The van der Waals surface area contributed by atoms with Crippen LogP contribution in [0.15, 0.2) is 12.2 Å². The van der Waals surface area contributed by atoms with Gasteiger partial charge < -0.3 is 39.7 Å². The second-order valence-corrected chi connectivity index (χ2v) is 4.23. The molecule has 0 spiro atoms. The fourth-order valence-electron chi connectivity index (χ4n) is 1.84. The van der Waals surface area contributed by atoms with Gasteiger partial charge in [-0.05, 0) is 0 Å². The smallest absolute Gasteiger partial charge is 0.400 e. The van der Waals surface area contributed by atoms with Crippen molar-refractivity contribution >= 4 is 11.9 Å². The van der Waals surface area contributed by atoms with Crippen LogP contribution in [0.1, 0.15) is 0 Å². The van der Waals surface area contributed by atoms with E-state index in [0.29, 0.717) is 12.2 Å². The molecule has 0 bridgehead atoms. The Labute approximate surface area is 111 Å². The summed E-state index contributed by atoms with van der Waals surface area (Å²) in [6.45, 7) is -0.877. The number of aliphatic hydroxyl groups excluding tert-OH is 3. The number of rotatable bonds is 1. The predicted octanol–water partition coefficient (Wildman–Crippen LogP) is -3.91. The van der Waals surface area contributed by atoms with Crippen LogP contribution < -0.4 is 0 Å². The minimum absolute atomic E-state index is 0.580. The van der Waals surface area contributed by atoms with Gasteiger partial charge in [0.05, 0.1) is 6.61 Å². The zero-order chi connectivity index (χ0) is 15.1. The maximum Gasteiger partial charge on any atom is 0.400 e. The molecule has 1 saturated heterocycles. The number of hydrogen-bond donors (Lipinski definition) is 5. The number of carbonyl (C=O) groups is 2. The molecule has 1 fully saturated rings. The summed E-state index contributed by atoms with van der Waals surface area (Å²) in [6, 6.07) is 0. The molecule has 112 valence electrons. The molecule has 0 aromatic heterocycles. The zero-order valence-corrected chi connectivity index (χ0v) is 9.87. The summed E-state index contributed by atoms with van der Waals surface area (Å²) in [5.41, 5.74) is 0. The van der Waals surface area contributed by atoms with Crippen molar-refractivity contribution in [2.24, 2.45) is 0 Å². The van der Waals surface area contributed by atoms with Gasteiger partial charge in [-0.3, -0.25) is 0 Å². The molecule has 2 rings (SSSR count). The van der Waals surface area contributed by atoms with E-state index in [2.05, 4.69) is 14.2 Å². The third kappa shape index (κ3) is 2.08. The lowest BCUT2D eigenvalue weighted by Gasteiger charge is -2.49. The first kappa shape index (κ1) is 14.8. The molecule has 0 saturated carbocycles. The van der Waals surface area contributed by atoms with E-state index in [-0.39, 0.29) is 0 Å². The molecule has 0 amide bonds. The molecule has 0 radical (unpaired) electrons. The van der Waals surface area contributed by atoms with Gasteiger partial charge in [-0.15, -0.1) is 0 Å². The highest BCUT2D eigenvalue weighted by Crippen LogP contribution is 2.39. The van der Waals surface area contributed by atoms with E-state index < -0.39 is 48.6 Å². The van der Waals surface area contributed by atoms with Crippen LogP contribution in [-0.2, 0) is 23.8 Å². The summed E-state index contributed by atoms with van der Waals surface area (Å²) in [5.74, 6) is -9.13. The molecule has 2 heterocycles. The van der Waals surface area contributed by atoms with Crippen molar-refractivity contribution in [3.63, 3.8) is 0 Å². The van der Waals surface area contributed by atoms with Crippen LogP contribution >= 0.6 is 0 Å². The third-order valence-corrected chi connectivity index (χ3v) is 2.90. The molecular formula is C10H12O10. The lowest BCUT2D eigenvalue weighted by atomic mass is 9.94. The normalized spacial score (nSPS) is 46.5. The van der Waals surface area contributed by atoms with Gasteiger partial charge in [0, 0.05) is 12.2 Å². The van der Waals surface area contributed by atoms with Crippen molar-refractivity contribution < 1.29 is 49.3 Å². The molecule has 1 unspecified atom stereocenters. The summed E-state index contributed by atoms with van der Waals surface area (Å²) in [4.78, 5) is 22.6. The van der Waals surface area contributed by atoms with Gasteiger partial charge in [0.1, 0.15) is 12.2 Å². The van der Waals surface area contributed by atoms with Crippen molar-refractivity contribution in [3.05, 3.63) is 12.2 Å². The molecule has 2 aliphatic rings. The van der Waals surface area contributed by atoms with Crippen LogP contribution in [0.4, 0.5) is 0 Å². The quantitative estimate of drug-likeness (QED) is 0.302. The van der Waals surface area contributed by atoms with Gasteiger partial charge in [0.2, 0.25) is 0 Å². The van der Waals surface area contributed by atoms with Gasteiger partial charge in [0.15, 0.2) is 6.10 Å². The van der Waals surface area contributed by atoms with E-state index in [4.69, 9.17) is 5.11 Å². The van der Waals surface area contributed by atoms with Crippen LogP contribution in [0, 0.1) is 0 Å². The highest BCUT2D eigenvalue weighted by Gasteiger charge is 2.70. The van der Waals surface area contributed by atoms with Crippen LogP contribution in [0.3, 0.4) is 0 Å². The average Bonchev–Trinajstić information content (AvgIpc) is 2.38. The van der Waals surface area contributed by atoms with Gasteiger partial charge >= 0.3 is 23.7 Å². The summed E-state index contributed by atoms with van der Waals surface area (Å²) in [5, 5.41) is 48.5. The molecule has 20 heavy (non-hydrogen) atoms. The molecular weight excluding hydrogens is 280 g/mol. The summed E-state index contributed by atoms with van der Waals surface area (Å²) in [7, 11) is 0. The van der Waals surface area contributed by atoms with E-state index in [9.17, 15) is 30.0 Å². The first-order chi connectivity index (χ1) is 9.23. The van der Waals surface area contributed by atoms with Crippen molar-refractivity contribution in [1.29, 1.82) is 0 Å². The highest BCUT2D eigenvalue weighted by molar-refractivity contribution is 5.92. The van der Waals surface area contributed by atoms with E-state index in [1.807, 2.05) is 0 Å². The Hall–Kier alpha value is -1.56. The van der Waals surface area contributed by atoms with Gasteiger partial charge in [-0.25, -0.2) is 9.59 Å². The summed E-state index contributed by atoms with van der Waals surface area (Å²) >= 11 is 0. The Morgan fingerprint density at radius 2 is 1.65 bits per heavy atom. The number of esters is 2. The third-order valence-electron chi connectivity index (χ3n) is 2.90. The topological polar surface area (TPSA) is 163 Å². The standard InChI is InChI=1S/C10H12O10/c11-3-4-7(14)8(15)9(16)10(17,18-4)20-6(13)2-1-5(12)19-9/h1-2,4,7-8,11,14-17H,3H2/b2-1+/t4-,7-,8+,9-,10?/m1/s1. The summed E-state index contributed by atoms with van der Waals surface area (Å²) < 4.78 is 13.4. The van der Waals surface area contributed by atoms with Crippen LogP contribution in [0.25, 0.3) is 0 Å². The predicted molar refractivity (Wildman–Crippen MR) is 55.2 cm³/mol. The van der Waals surface area contributed by atoms with Crippen molar-refractivity contribution in [3.8, 4) is 0 Å². The maximum atomic E-state index is 11.3. The van der Waals surface area contributed by atoms with E-state index in [1.165, 1.54) is 0 Å². The second kappa shape index (κ2) is 4.77. The van der Waals surface area contributed by atoms with Crippen molar-refractivity contribution in [2.45, 2.75) is 30.1 Å². The Morgan fingerprint density at radius 3 is 2.20 bits per heavy atom. The Morgan fingerprint density at radius 1 is 1.10 bits per heavy atom. The number of fused-ring (bicyclic) bond motifs is 1. The van der Waals surface area contributed by atoms with Gasteiger partial charge in [0.25, 0.3) is 0 Å². The Bertz CT molecular complexity index is 461.